The predicted molar refractivity (Wildman–Crippen MR) is 174 cm³/mol. The third-order valence-electron chi connectivity index (χ3n) is 8.46. The first kappa shape index (κ1) is 31.0. The van der Waals surface area contributed by atoms with E-state index in [-0.39, 0.29) is 24.4 Å². The summed E-state index contributed by atoms with van der Waals surface area (Å²) >= 11 is 0. The van der Waals surface area contributed by atoms with Crippen molar-refractivity contribution in [3.63, 3.8) is 0 Å². The largest absolute Gasteiger partial charge is 0.378 e. The summed E-state index contributed by atoms with van der Waals surface area (Å²) in [6, 6.07) is 24.1. The number of rotatable bonds is 12. The topological polar surface area (TPSA) is 92.2 Å². The van der Waals surface area contributed by atoms with Crippen molar-refractivity contribution < 1.29 is 9.59 Å². The molecular weight excluding hydrogens is 548 g/mol. The highest BCUT2D eigenvalue weighted by Crippen LogP contribution is 2.39. The molecule has 0 unspecified atom stereocenters. The second-order valence-corrected chi connectivity index (χ2v) is 12.4. The van der Waals surface area contributed by atoms with Gasteiger partial charge in [0.1, 0.15) is 11.6 Å². The molecule has 8 heteroatoms. The molecule has 1 saturated carbocycles. The molecule has 1 fully saturated rings. The highest BCUT2D eigenvalue weighted by atomic mass is 16.1. The van der Waals surface area contributed by atoms with E-state index in [1.165, 1.54) is 0 Å². The number of ketones is 2. The number of hydrogen-bond acceptors (Lipinski definition) is 8. The van der Waals surface area contributed by atoms with Crippen LogP contribution in [0.4, 0.5) is 11.4 Å². The number of aromatic nitrogens is 4. The van der Waals surface area contributed by atoms with Crippen LogP contribution >= 0.6 is 0 Å². The molecular formula is C36H42N6O2. The average Bonchev–Trinajstić information content (AvgIpc) is 3.02. The van der Waals surface area contributed by atoms with Crippen LogP contribution in [0.1, 0.15) is 71.4 Å². The third-order valence-corrected chi connectivity index (χ3v) is 8.46. The second kappa shape index (κ2) is 14.3. The van der Waals surface area contributed by atoms with Gasteiger partial charge >= 0.3 is 0 Å². The van der Waals surface area contributed by atoms with E-state index < -0.39 is 0 Å². The van der Waals surface area contributed by atoms with Crippen molar-refractivity contribution in [2.45, 2.75) is 63.2 Å². The Morgan fingerprint density at radius 1 is 0.568 bits per heavy atom. The van der Waals surface area contributed by atoms with Gasteiger partial charge in [-0.05, 0) is 78.9 Å². The number of carbonyl (C=O) groups excluding carboxylic acids is 2. The molecule has 0 saturated heterocycles. The Labute approximate surface area is 260 Å². The molecule has 2 aromatic carbocycles. The van der Waals surface area contributed by atoms with Gasteiger partial charge in [-0.15, -0.1) is 0 Å². The van der Waals surface area contributed by atoms with Crippen molar-refractivity contribution in [3.05, 3.63) is 107 Å². The molecule has 0 spiro atoms. The van der Waals surface area contributed by atoms with Gasteiger partial charge in [-0.1, -0.05) is 30.7 Å². The molecule has 0 N–H and O–H groups in total. The van der Waals surface area contributed by atoms with Crippen molar-refractivity contribution >= 4 is 22.9 Å². The lowest BCUT2D eigenvalue weighted by molar-refractivity contribution is -0.118. The molecule has 1 aliphatic rings. The first-order valence-corrected chi connectivity index (χ1v) is 15.4. The Morgan fingerprint density at radius 2 is 0.977 bits per heavy atom. The van der Waals surface area contributed by atoms with Gasteiger partial charge in [-0.3, -0.25) is 9.59 Å². The zero-order valence-corrected chi connectivity index (χ0v) is 26.2. The van der Waals surface area contributed by atoms with E-state index in [2.05, 4.69) is 20.4 Å². The van der Waals surface area contributed by atoms with Crippen LogP contribution in [0.2, 0.25) is 0 Å². The first-order chi connectivity index (χ1) is 21.2. The highest BCUT2D eigenvalue weighted by molar-refractivity contribution is 5.83. The molecule has 0 amide bonds. The zero-order chi connectivity index (χ0) is 31.1. The van der Waals surface area contributed by atoms with Gasteiger partial charge in [-0.25, -0.2) is 0 Å². The van der Waals surface area contributed by atoms with E-state index in [1.807, 2.05) is 111 Å². The van der Waals surface area contributed by atoms with Gasteiger partial charge in [0.2, 0.25) is 0 Å². The summed E-state index contributed by atoms with van der Waals surface area (Å²) in [6.45, 7) is 0. The van der Waals surface area contributed by atoms with Crippen LogP contribution in [-0.4, -0.2) is 60.2 Å². The van der Waals surface area contributed by atoms with E-state index in [0.29, 0.717) is 36.1 Å². The van der Waals surface area contributed by atoms with Gasteiger partial charge in [0.25, 0.3) is 0 Å². The third kappa shape index (κ3) is 8.34. The maximum atomic E-state index is 12.7. The molecule has 0 radical (unpaired) electrons. The number of hydrogen-bond donors (Lipinski definition) is 0. The van der Waals surface area contributed by atoms with Crippen LogP contribution in [0.3, 0.4) is 0 Å². The quantitative estimate of drug-likeness (QED) is 0.212. The van der Waals surface area contributed by atoms with Crippen LogP contribution in [0.25, 0.3) is 0 Å². The number of nitrogens with zero attached hydrogens (tertiary/aromatic N) is 6. The minimum Gasteiger partial charge on any atom is -0.378 e. The van der Waals surface area contributed by atoms with Gasteiger partial charge in [-0.2, -0.15) is 20.4 Å². The standard InChI is InChI=1S/C36H42N6O2/c1-41(2)31-14-8-25(9-15-31)20-33(43)23-29-12-18-35(39-37-29)27-6-5-7-28(22-27)36-19-13-30(38-40-36)24-34(44)21-26-10-16-32(17-11-26)42(3)4/h8-19,27-28H,5-7,20-24H2,1-4H3/t27-,28-/m0/s1. The molecule has 5 rings (SSSR count). The Balaban J connectivity index is 1.11. The van der Waals surface area contributed by atoms with E-state index in [0.717, 1.165) is 59.6 Å². The Hall–Kier alpha value is -4.46. The summed E-state index contributed by atoms with van der Waals surface area (Å²) in [5.74, 6) is 0.848. The van der Waals surface area contributed by atoms with Gasteiger partial charge in [0.15, 0.2) is 0 Å². The van der Waals surface area contributed by atoms with Crippen LogP contribution < -0.4 is 9.80 Å². The fourth-order valence-electron chi connectivity index (χ4n) is 5.90. The summed E-state index contributed by atoms with van der Waals surface area (Å²) in [6.07, 6.45) is 5.47. The molecule has 1 aliphatic carbocycles. The highest BCUT2D eigenvalue weighted by Gasteiger charge is 2.27. The Morgan fingerprint density at radius 3 is 1.32 bits per heavy atom. The molecule has 44 heavy (non-hydrogen) atoms. The van der Waals surface area contributed by atoms with Gasteiger partial charge < -0.3 is 9.80 Å². The van der Waals surface area contributed by atoms with Gasteiger partial charge in [0, 0.05) is 64.2 Å². The van der Waals surface area contributed by atoms with Crippen LogP contribution in [0, 0.1) is 0 Å². The van der Waals surface area contributed by atoms with Crippen LogP contribution in [0.15, 0.2) is 72.8 Å². The summed E-state index contributed by atoms with van der Waals surface area (Å²) < 4.78 is 0. The molecule has 4 aromatic rings. The summed E-state index contributed by atoms with van der Waals surface area (Å²) in [7, 11) is 8.00. The summed E-state index contributed by atoms with van der Waals surface area (Å²) in [5.41, 5.74) is 7.59. The maximum absolute atomic E-state index is 12.7. The normalized spacial score (nSPS) is 16.4. The van der Waals surface area contributed by atoms with E-state index >= 15 is 0 Å². The van der Waals surface area contributed by atoms with E-state index in [4.69, 9.17) is 0 Å². The van der Waals surface area contributed by atoms with Crippen molar-refractivity contribution in [1.29, 1.82) is 0 Å². The SMILES string of the molecule is CN(C)c1ccc(CC(=O)Cc2ccc([C@H]3CCC[C@H](c4ccc(CC(=O)Cc5ccc(N(C)C)cc5)nn4)C3)nn2)cc1. The lowest BCUT2D eigenvalue weighted by atomic mass is 9.78. The zero-order valence-electron chi connectivity index (χ0n) is 26.2. The maximum Gasteiger partial charge on any atom is 0.143 e. The molecule has 0 bridgehead atoms. The second-order valence-electron chi connectivity index (χ2n) is 12.4. The smallest absolute Gasteiger partial charge is 0.143 e. The molecule has 8 nitrogen and oxygen atoms in total. The molecule has 2 aromatic heterocycles. The monoisotopic (exact) mass is 590 g/mol. The van der Waals surface area contributed by atoms with Crippen LogP contribution in [0.5, 0.6) is 0 Å². The van der Waals surface area contributed by atoms with Crippen molar-refractivity contribution in [2.24, 2.45) is 0 Å². The molecule has 228 valence electrons. The van der Waals surface area contributed by atoms with Crippen molar-refractivity contribution in [3.8, 4) is 0 Å². The lowest BCUT2D eigenvalue weighted by Gasteiger charge is -2.28. The average molecular weight is 591 g/mol. The number of carbonyl (C=O) groups is 2. The fourth-order valence-corrected chi connectivity index (χ4v) is 5.90. The molecule has 0 aliphatic heterocycles. The summed E-state index contributed by atoms with van der Waals surface area (Å²) in [4.78, 5) is 29.4. The Bertz CT molecular complexity index is 1420. The van der Waals surface area contributed by atoms with Crippen molar-refractivity contribution in [1.82, 2.24) is 20.4 Å². The predicted octanol–water partition coefficient (Wildman–Crippen LogP) is 5.55. The summed E-state index contributed by atoms with van der Waals surface area (Å²) in [5, 5.41) is 17.9. The van der Waals surface area contributed by atoms with Crippen LogP contribution in [-0.2, 0) is 35.3 Å². The van der Waals surface area contributed by atoms with Gasteiger partial charge in [0.05, 0.1) is 35.6 Å². The van der Waals surface area contributed by atoms with E-state index in [9.17, 15) is 9.59 Å². The first-order valence-electron chi connectivity index (χ1n) is 15.4. The number of anilines is 2. The molecule has 2 atom stereocenters. The molecule has 2 heterocycles. The minimum atomic E-state index is 0.129. The lowest BCUT2D eigenvalue weighted by Crippen LogP contribution is -2.17. The van der Waals surface area contributed by atoms with Crippen molar-refractivity contribution in [2.75, 3.05) is 38.0 Å². The minimum absolute atomic E-state index is 0.129. The fraction of sp³-hybridized carbons (Fsp3) is 0.389. The number of Topliss-reactive ketones (excluding diaryl/α,β-unsaturated/α-hetero) is 2. The van der Waals surface area contributed by atoms with E-state index in [1.54, 1.807) is 0 Å². The number of benzene rings is 2. The Kier molecular flexibility index (Phi) is 10.1.